The standard InChI is InChI=1S/C23H27ClN2O3/c1-16(29-21-15-9-7-13-19(21)24)22(27)25-20-14-8-6-12-18(20)23(28)26(2)17-10-4-3-5-11-17/h6-9,12-17H,3-5,10-11H2,1-2H3,(H,25,27)/t16-/m0/s1. The number of carbonyl (C=O) groups excluding carboxylic acids is 2. The van der Waals surface area contributed by atoms with Crippen LogP contribution in [0.5, 0.6) is 5.75 Å². The van der Waals surface area contributed by atoms with E-state index < -0.39 is 6.10 Å². The lowest BCUT2D eigenvalue weighted by atomic mass is 9.94. The van der Waals surface area contributed by atoms with Gasteiger partial charge in [0.25, 0.3) is 11.8 Å². The van der Waals surface area contributed by atoms with Gasteiger partial charge in [-0.15, -0.1) is 0 Å². The minimum absolute atomic E-state index is 0.0764. The lowest BCUT2D eigenvalue weighted by Gasteiger charge is -2.31. The molecule has 154 valence electrons. The first-order valence-electron chi connectivity index (χ1n) is 10.1. The van der Waals surface area contributed by atoms with Crippen molar-refractivity contribution in [3.63, 3.8) is 0 Å². The summed E-state index contributed by atoms with van der Waals surface area (Å²) < 4.78 is 5.68. The Labute approximate surface area is 177 Å². The van der Waals surface area contributed by atoms with Crippen LogP contribution in [0.4, 0.5) is 5.69 Å². The van der Waals surface area contributed by atoms with Gasteiger partial charge >= 0.3 is 0 Å². The van der Waals surface area contributed by atoms with Gasteiger partial charge in [0, 0.05) is 13.1 Å². The van der Waals surface area contributed by atoms with Gasteiger partial charge in [0.1, 0.15) is 5.75 Å². The van der Waals surface area contributed by atoms with E-state index in [9.17, 15) is 9.59 Å². The van der Waals surface area contributed by atoms with Crippen LogP contribution in [0.1, 0.15) is 49.4 Å². The number of anilines is 1. The van der Waals surface area contributed by atoms with Crippen LogP contribution in [0, 0.1) is 0 Å². The molecule has 1 atom stereocenters. The molecule has 1 saturated carbocycles. The first-order valence-corrected chi connectivity index (χ1v) is 10.4. The van der Waals surface area contributed by atoms with Crippen molar-refractivity contribution in [3.8, 4) is 5.75 Å². The second-order valence-corrected chi connectivity index (χ2v) is 7.84. The summed E-state index contributed by atoms with van der Waals surface area (Å²) in [6.45, 7) is 1.65. The van der Waals surface area contributed by atoms with E-state index in [1.807, 2.05) is 11.9 Å². The van der Waals surface area contributed by atoms with Gasteiger partial charge in [0.05, 0.1) is 16.3 Å². The molecule has 0 bridgehead atoms. The maximum absolute atomic E-state index is 13.1. The summed E-state index contributed by atoms with van der Waals surface area (Å²) in [4.78, 5) is 27.6. The van der Waals surface area contributed by atoms with E-state index >= 15 is 0 Å². The van der Waals surface area contributed by atoms with Gasteiger partial charge in [0.2, 0.25) is 0 Å². The molecule has 6 heteroatoms. The van der Waals surface area contributed by atoms with Crippen molar-refractivity contribution >= 4 is 29.1 Å². The van der Waals surface area contributed by atoms with Gasteiger partial charge in [-0.05, 0) is 44.0 Å². The fourth-order valence-electron chi connectivity index (χ4n) is 3.62. The molecule has 1 fully saturated rings. The first kappa shape index (κ1) is 21.2. The molecule has 1 aliphatic carbocycles. The fourth-order valence-corrected chi connectivity index (χ4v) is 3.80. The number of rotatable bonds is 6. The van der Waals surface area contributed by atoms with Crippen molar-refractivity contribution < 1.29 is 14.3 Å². The minimum atomic E-state index is -0.769. The number of carbonyl (C=O) groups is 2. The van der Waals surface area contributed by atoms with Crippen LogP contribution in [0.25, 0.3) is 0 Å². The van der Waals surface area contributed by atoms with Gasteiger partial charge in [-0.1, -0.05) is 55.1 Å². The lowest BCUT2D eigenvalue weighted by Crippen LogP contribution is -2.39. The van der Waals surface area contributed by atoms with Gasteiger partial charge in [-0.2, -0.15) is 0 Å². The monoisotopic (exact) mass is 414 g/mol. The van der Waals surface area contributed by atoms with Crippen molar-refractivity contribution in [2.75, 3.05) is 12.4 Å². The Morgan fingerprint density at radius 2 is 1.72 bits per heavy atom. The molecule has 0 spiro atoms. The van der Waals surface area contributed by atoms with Crippen molar-refractivity contribution in [1.82, 2.24) is 4.90 Å². The Balaban J connectivity index is 1.70. The van der Waals surface area contributed by atoms with E-state index in [0.717, 1.165) is 25.7 Å². The summed E-state index contributed by atoms with van der Waals surface area (Å²) in [6.07, 6.45) is 4.82. The van der Waals surface area contributed by atoms with E-state index in [4.69, 9.17) is 16.3 Å². The van der Waals surface area contributed by atoms with E-state index in [2.05, 4.69) is 5.32 Å². The number of benzene rings is 2. The summed E-state index contributed by atoms with van der Waals surface area (Å²) in [5, 5.41) is 3.28. The second-order valence-electron chi connectivity index (χ2n) is 7.43. The third kappa shape index (κ3) is 5.30. The molecule has 5 nitrogen and oxygen atoms in total. The van der Waals surface area contributed by atoms with Crippen molar-refractivity contribution in [2.24, 2.45) is 0 Å². The number of nitrogens with zero attached hydrogens (tertiary/aromatic N) is 1. The summed E-state index contributed by atoms with van der Waals surface area (Å²) in [7, 11) is 1.85. The van der Waals surface area contributed by atoms with Crippen molar-refractivity contribution in [2.45, 2.75) is 51.2 Å². The van der Waals surface area contributed by atoms with E-state index in [0.29, 0.717) is 22.0 Å². The number of hydrogen-bond acceptors (Lipinski definition) is 3. The van der Waals surface area contributed by atoms with Crippen LogP contribution in [0.2, 0.25) is 5.02 Å². The normalized spacial score (nSPS) is 15.4. The molecule has 0 saturated heterocycles. The maximum Gasteiger partial charge on any atom is 0.265 e. The quantitative estimate of drug-likeness (QED) is 0.711. The van der Waals surface area contributed by atoms with Gasteiger partial charge < -0.3 is 15.0 Å². The van der Waals surface area contributed by atoms with Gasteiger partial charge in [0.15, 0.2) is 6.10 Å². The first-order chi connectivity index (χ1) is 14.0. The minimum Gasteiger partial charge on any atom is -0.479 e. The molecule has 0 aliphatic heterocycles. The number of ether oxygens (including phenoxy) is 1. The van der Waals surface area contributed by atoms with Crippen molar-refractivity contribution in [3.05, 3.63) is 59.1 Å². The third-order valence-electron chi connectivity index (χ3n) is 5.37. The molecule has 0 heterocycles. The Kier molecular flexibility index (Phi) is 7.15. The zero-order valence-corrected chi connectivity index (χ0v) is 17.6. The molecule has 2 aromatic carbocycles. The molecule has 1 aliphatic rings. The molecule has 29 heavy (non-hydrogen) atoms. The summed E-state index contributed by atoms with van der Waals surface area (Å²) in [6, 6.07) is 14.3. The number of nitrogens with one attached hydrogen (secondary N) is 1. The molecule has 2 amide bonds. The number of amides is 2. The highest BCUT2D eigenvalue weighted by Gasteiger charge is 2.25. The highest BCUT2D eigenvalue weighted by molar-refractivity contribution is 6.32. The van der Waals surface area contributed by atoms with E-state index in [1.54, 1.807) is 55.5 Å². The predicted molar refractivity (Wildman–Crippen MR) is 116 cm³/mol. The van der Waals surface area contributed by atoms with Gasteiger partial charge in [-0.3, -0.25) is 9.59 Å². The van der Waals surface area contributed by atoms with Crippen LogP contribution in [0.3, 0.4) is 0 Å². The fraction of sp³-hybridized carbons (Fsp3) is 0.391. The highest BCUT2D eigenvalue weighted by Crippen LogP contribution is 2.26. The van der Waals surface area contributed by atoms with Crippen LogP contribution in [-0.4, -0.2) is 35.9 Å². The van der Waals surface area contributed by atoms with Crippen LogP contribution in [0.15, 0.2) is 48.5 Å². The van der Waals surface area contributed by atoms with Crippen LogP contribution < -0.4 is 10.1 Å². The average molecular weight is 415 g/mol. The topological polar surface area (TPSA) is 58.6 Å². The summed E-state index contributed by atoms with van der Waals surface area (Å²) in [5.41, 5.74) is 0.971. The molecule has 1 N–H and O–H groups in total. The summed E-state index contributed by atoms with van der Waals surface area (Å²) >= 11 is 6.10. The highest BCUT2D eigenvalue weighted by atomic mass is 35.5. The number of hydrogen-bond donors (Lipinski definition) is 1. The molecule has 0 unspecified atom stereocenters. The lowest BCUT2D eigenvalue weighted by molar-refractivity contribution is -0.122. The molecule has 2 aromatic rings. The van der Waals surface area contributed by atoms with E-state index in [1.165, 1.54) is 6.42 Å². The molecule has 0 radical (unpaired) electrons. The summed E-state index contributed by atoms with van der Waals surface area (Å²) in [5.74, 6) is 0.0242. The Hall–Kier alpha value is -2.53. The Morgan fingerprint density at radius 1 is 1.07 bits per heavy atom. The van der Waals surface area contributed by atoms with E-state index in [-0.39, 0.29) is 17.9 Å². The van der Waals surface area contributed by atoms with Crippen LogP contribution in [-0.2, 0) is 4.79 Å². The SMILES string of the molecule is C[C@H](Oc1ccccc1Cl)C(=O)Nc1ccccc1C(=O)N(C)C1CCCCC1. The van der Waals surface area contributed by atoms with Crippen molar-refractivity contribution in [1.29, 1.82) is 0 Å². The molecular weight excluding hydrogens is 388 g/mol. The maximum atomic E-state index is 13.1. The largest absolute Gasteiger partial charge is 0.479 e. The molecule has 3 rings (SSSR count). The zero-order valence-electron chi connectivity index (χ0n) is 16.9. The smallest absolute Gasteiger partial charge is 0.265 e. The Bertz CT molecular complexity index is 865. The van der Waals surface area contributed by atoms with Gasteiger partial charge in [-0.25, -0.2) is 0 Å². The number of halogens is 1. The predicted octanol–water partition coefficient (Wildman–Crippen LogP) is 5.15. The molecule has 0 aromatic heterocycles. The molecular formula is C23H27ClN2O3. The zero-order chi connectivity index (χ0) is 20.8. The second kappa shape index (κ2) is 9.79. The average Bonchev–Trinajstić information content (AvgIpc) is 2.75. The number of para-hydroxylation sites is 2. The van der Waals surface area contributed by atoms with Crippen LogP contribution >= 0.6 is 11.6 Å². The third-order valence-corrected chi connectivity index (χ3v) is 5.68. The Morgan fingerprint density at radius 3 is 2.45 bits per heavy atom.